The highest BCUT2D eigenvalue weighted by Crippen LogP contribution is 2.40. The predicted molar refractivity (Wildman–Crippen MR) is 99.6 cm³/mol. The van der Waals surface area contributed by atoms with Crippen LogP contribution >= 0.6 is 0 Å². The van der Waals surface area contributed by atoms with Crippen LogP contribution in [0.15, 0.2) is 40.3 Å². The number of fused-ring (bicyclic) bond motifs is 1. The van der Waals surface area contributed by atoms with E-state index in [2.05, 4.69) is 22.7 Å². The summed E-state index contributed by atoms with van der Waals surface area (Å²) in [4.78, 5) is 10.7. The number of hydrogen-bond acceptors (Lipinski definition) is 6. The van der Waals surface area contributed by atoms with Crippen LogP contribution in [-0.2, 0) is 10.0 Å². The number of anilines is 1. The van der Waals surface area contributed by atoms with E-state index in [1.165, 1.54) is 16.4 Å². The van der Waals surface area contributed by atoms with E-state index in [0.717, 1.165) is 24.6 Å². The van der Waals surface area contributed by atoms with Crippen LogP contribution in [0.1, 0.15) is 26.7 Å². The minimum Gasteiger partial charge on any atom is -0.272 e. The van der Waals surface area contributed by atoms with Gasteiger partial charge in [0.05, 0.1) is 9.82 Å². The van der Waals surface area contributed by atoms with Crippen molar-refractivity contribution in [3.63, 3.8) is 0 Å². The van der Waals surface area contributed by atoms with Gasteiger partial charge in [-0.3, -0.25) is 15.5 Å². The van der Waals surface area contributed by atoms with Gasteiger partial charge in [0.15, 0.2) is 0 Å². The van der Waals surface area contributed by atoms with Gasteiger partial charge in [0.1, 0.15) is 5.69 Å². The van der Waals surface area contributed by atoms with Crippen molar-refractivity contribution in [3.8, 4) is 0 Å². The van der Waals surface area contributed by atoms with Crippen LogP contribution in [0.2, 0.25) is 0 Å². The molecule has 0 radical (unpaired) electrons. The number of benzene rings is 1. The van der Waals surface area contributed by atoms with E-state index in [1.54, 1.807) is 13.8 Å². The predicted octanol–water partition coefficient (Wildman–Crippen LogP) is 2.99. The van der Waals surface area contributed by atoms with Crippen molar-refractivity contribution < 1.29 is 13.3 Å². The number of sulfonamides is 1. The lowest BCUT2D eigenvalue weighted by Crippen LogP contribution is -2.33. The zero-order valence-corrected chi connectivity index (χ0v) is 15.6. The first-order valence-corrected chi connectivity index (χ1v) is 10.1. The molecule has 0 heterocycles. The molecule has 0 amide bonds. The van der Waals surface area contributed by atoms with Crippen molar-refractivity contribution in [1.82, 2.24) is 4.31 Å². The molecule has 2 aliphatic carbocycles. The Hall–Kier alpha value is -2.26. The summed E-state index contributed by atoms with van der Waals surface area (Å²) in [5.74, 6) is 0.927. The third kappa shape index (κ3) is 3.24. The smallest absolute Gasteiger partial charge is 0.272 e. The van der Waals surface area contributed by atoms with Gasteiger partial charge < -0.3 is 0 Å². The molecule has 0 bridgehead atoms. The molecular formula is C17H22N4O4S. The standard InChI is InChI=1S/C17H22N4O4S/c1-3-20(4-2)26(24,25)13-8-9-15(17(11-13)21(22)23)18-19-16-10-12-6-5-7-14(12)16/h5-6,8-9,11-12,14,18H,3-4,7,10H2,1-2H3/b19-16+. The van der Waals surface area contributed by atoms with Crippen molar-refractivity contribution in [2.75, 3.05) is 18.5 Å². The van der Waals surface area contributed by atoms with Crippen LogP contribution in [0.5, 0.6) is 0 Å². The molecule has 1 aromatic carbocycles. The lowest BCUT2D eigenvalue weighted by Gasteiger charge is -2.31. The lowest BCUT2D eigenvalue weighted by molar-refractivity contribution is -0.384. The maximum atomic E-state index is 12.6. The number of nitro benzene ring substituents is 1. The van der Waals surface area contributed by atoms with Crippen LogP contribution in [0.3, 0.4) is 0 Å². The molecule has 1 saturated carbocycles. The average Bonchev–Trinajstić information content (AvgIpc) is 2.96. The Morgan fingerprint density at radius 3 is 2.69 bits per heavy atom. The molecule has 2 aliphatic rings. The summed E-state index contributed by atoms with van der Waals surface area (Å²) in [7, 11) is -3.75. The molecule has 9 heteroatoms. The zero-order valence-electron chi connectivity index (χ0n) is 14.8. The number of rotatable bonds is 7. The highest BCUT2D eigenvalue weighted by atomic mass is 32.2. The van der Waals surface area contributed by atoms with E-state index in [1.807, 2.05) is 0 Å². The molecule has 140 valence electrons. The van der Waals surface area contributed by atoms with Crippen molar-refractivity contribution in [2.45, 2.75) is 31.6 Å². The third-order valence-electron chi connectivity index (χ3n) is 4.99. The molecule has 2 atom stereocenters. The molecule has 2 unspecified atom stereocenters. The largest absolute Gasteiger partial charge is 0.295 e. The Labute approximate surface area is 152 Å². The second kappa shape index (κ2) is 7.16. The van der Waals surface area contributed by atoms with Gasteiger partial charge in [-0.2, -0.15) is 9.41 Å². The fourth-order valence-corrected chi connectivity index (χ4v) is 4.90. The molecule has 8 nitrogen and oxygen atoms in total. The number of hydrogen-bond donors (Lipinski definition) is 1. The maximum absolute atomic E-state index is 12.6. The Morgan fingerprint density at radius 1 is 1.35 bits per heavy atom. The summed E-state index contributed by atoms with van der Waals surface area (Å²) in [5, 5.41) is 15.7. The van der Waals surface area contributed by atoms with E-state index in [0.29, 0.717) is 24.9 Å². The summed E-state index contributed by atoms with van der Waals surface area (Å²) < 4.78 is 26.4. The van der Waals surface area contributed by atoms with E-state index in [4.69, 9.17) is 0 Å². The van der Waals surface area contributed by atoms with Crippen molar-refractivity contribution in [1.29, 1.82) is 0 Å². The van der Waals surface area contributed by atoms with Crippen molar-refractivity contribution >= 4 is 27.1 Å². The molecule has 0 aromatic heterocycles. The number of nitrogens with one attached hydrogen (secondary N) is 1. The molecule has 1 N–H and O–H groups in total. The van der Waals surface area contributed by atoms with Crippen molar-refractivity contribution in [2.24, 2.45) is 16.9 Å². The lowest BCUT2D eigenvalue weighted by atomic mass is 9.74. The van der Waals surface area contributed by atoms with Crippen LogP contribution < -0.4 is 5.43 Å². The van der Waals surface area contributed by atoms with Gasteiger partial charge in [0.25, 0.3) is 5.69 Å². The Kier molecular flexibility index (Phi) is 5.10. The van der Waals surface area contributed by atoms with Crippen LogP contribution in [0.25, 0.3) is 0 Å². The second-order valence-electron chi connectivity index (χ2n) is 6.38. The number of nitro groups is 1. The summed E-state index contributed by atoms with van der Waals surface area (Å²) in [6.45, 7) is 4.06. The van der Waals surface area contributed by atoms with Crippen LogP contribution in [-0.4, -0.2) is 36.4 Å². The Bertz CT molecular complexity index is 875. The SMILES string of the molecule is CCN(CC)S(=O)(=O)c1ccc(N/N=C2\CC3C=CCC23)c([N+](=O)[O-])c1. The molecule has 1 fully saturated rings. The molecule has 3 rings (SSSR count). The van der Waals surface area contributed by atoms with E-state index in [9.17, 15) is 18.5 Å². The van der Waals surface area contributed by atoms with Crippen LogP contribution in [0, 0.1) is 22.0 Å². The quantitative estimate of drug-likeness (QED) is 0.446. The highest BCUT2D eigenvalue weighted by molar-refractivity contribution is 7.89. The summed E-state index contributed by atoms with van der Waals surface area (Å²) in [6, 6.07) is 3.88. The van der Waals surface area contributed by atoms with E-state index in [-0.39, 0.29) is 16.3 Å². The van der Waals surface area contributed by atoms with E-state index < -0.39 is 14.9 Å². The number of hydrazone groups is 1. The Balaban J connectivity index is 1.86. The number of nitrogens with zero attached hydrogens (tertiary/aromatic N) is 3. The molecule has 0 spiro atoms. The highest BCUT2D eigenvalue weighted by Gasteiger charge is 2.38. The van der Waals surface area contributed by atoms with Gasteiger partial charge >= 0.3 is 0 Å². The first kappa shape index (κ1) is 18.5. The second-order valence-corrected chi connectivity index (χ2v) is 8.32. The summed E-state index contributed by atoms with van der Waals surface area (Å²) in [5.41, 5.74) is 3.64. The van der Waals surface area contributed by atoms with Gasteiger partial charge in [-0.05, 0) is 30.9 Å². The van der Waals surface area contributed by atoms with Gasteiger partial charge in [0.2, 0.25) is 10.0 Å². The molecule has 26 heavy (non-hydrogen) atoms. The van der Waals surface area contributed by atoms with Gasteiger partial charge in [-0.25, -0.2) is 8.42 Å². The third-order valence-corrected chi connectivity index (χ3v) is 7.04. The molecule has 1 aromatic rings. The fourth-order valence-electron chi connectivity index (χ4n) is 3.43. The number of allylic oxidation sites excluding steroid dienone is 2. The van der Waals surface area contributed by atoms with Gasteiger partial charge in [0, 0.05) is 30.8 Å². The minimum absolute atomic E-state index is 0.0881. The van der Waals surface area contributed by atoms with Gasteiger partial charge in [-0.15, -0.1) is 0 Å². The molecule has 0 aliphatic heterocycles. The zero-order chi connectivity index (χ0) is 18.9. The first-order chi connectivity index (χ1) is 12.4. The minimum atomic E-state index is -3.75. The van der Waals surface area contributed by atoms with Gasteiger partial charge in [-0.1, -0.05) is 26.0 Å². The van der Waals surface area contributed by atoms with Crippen LogP contribution in [0.4, 0.5) is 11.4 Å². The maximum Gasteiger partial charge on any atom is 0.295 e. The monoisotopic (exact) mass is 378 g/mol. The summed E-state index contributed by atoms with van der Waals surface area (Å²) >= 11 is 0. The fraction of sp³-hybridized carbons (Fsp3) is 0.471. The average molecular weight is 378 g/mol. The first-order valence-electron chi connectivity index (χ1n) is 8.66. The Morgan fingerprint density at radius 2 is 2.08 bits per heavy atom. The normalized spacial score (nSPS) is 23.1. The van der Waals surface area contributed by atoms with E-state index >= 15 is 0 Å². The topological polar surface area (TPSA) is 105 Å². The van der Waals surface area contributed by atoms with Crippen molar-refractivity contribution in [3.05, 3.63) is 40.5 Å². The molecule has 0 saturated heterocycles. The summed E-state index contributed by atoms with van der Waals surface area (Å²) in [6.07, 6.45) is 6.12. The molecular weight excluding hydrogens is 356 g/mol.